The van der Waals surface area contributed by atoms with Crippen LogP contribution in [0.5, 0.6) is 0 Å². The molecule has 0 bridgehead atoms. The molecule has 6 aliphatic rings. The largest absolute Gasteiger partial charge is 0.481 e. The van der Waals surface area contributed by atoms with Gasteiger partial charge in [0.15, 0.2) is 6.29 Å². The number of methoxy groups -OCH3 is 1. The molecule has 1 saturated heterocycles. The molecular formula is C37H58O12. The van der Waals surface area contributed by atoms with Crippen LogP contribution in [-0.2, 0) is 23.8 Å². The van der Waals surface area contributed by atoms with Crippen molar-refractivity contribution in [1.82, 2.24) is 0 Å². The lowest BCUT2D eigenvalue weighted by atomic mass is 9.33. The number of carbonyl (C=O) groups is 2. The first-order valence-electron chi connectivity index (χ1n) is 18.1. The minimum atomic E-state index is -1.64. The second-order valence-corrected chi connectivity index (χ2v) is 17.8. The molecule has 4 saturated carbocycles. The van der Waals surface area contributed by atoms with Gasteiger partial charge in [-0.25, -0.2) is 0 Å². The van der Waals surface area contributed by atoms with E-state index in [1.54, 1.807) is 0 Å². The zero-order valence-corrected chi connectivity index (χ0v) is 29.8. The molecule has 49 heavy (non-hydrogen) atoms. The summed E-state index contributed by atoms with van der Waals surface area (Å²) in [6.07, 6.45) is -2.17. The molecule has 5 aliphatic carbocycles. The van der Waals surface area contributed by atoms with E-state index < -0.39 is 77.1 Å². The van der Waals surface area contributed by atoms with Crippen LogP contribution in [0, 0.1) is 50.2 Å². The smallest absolute Gasteiger partial charge is 0.311 e. The maximum Gasteiger partial charge on any atom is 0.311 e. The van der Waals surface area contributed by atoms with Gasteiger partial charge in [-0.1, -0.05) is 39.3 Å². The molecule has 0 aromatic heterocycles. The van der Waals surface area contributed by atoms with Gasteiger partial charge in [0.05, 0.1) is 43.4 Å². The number of carboxylic acids is 1. The van der Waals surface area contributed by atoms with Gasteiger partial charge in [-0.05, 0) is 98.7 Å². The fourth-order valence-electron chi connectivity index (χ4n) is 12.6. The average molecular weight is 695 g/mol. The van der Waals surface area contributed by atoms with Crippen LogP contribution in [0.1, 0.15) is 92.4 Å². The number of hydrogen-bond donors (Lipinski definition) is 7. The summed E-state index contributed by atoms with van der Waals surface area (Å²) in [7, 11) is 1.39. The lowest BCUT2D eigenvalue weighted by Crippen LogP contribution is -2.69. The molecule has 0 amide bonds. The van der Waals surface area contributed by atoms with Gasteiger partial charge in [0.1, 0.15) is 24.4 Å². The van der Waals surface area contributed by atoms with E-state index in [1.807, 2.05) is 13.8 Å². The van der Waals surface area contributed by atoms with Crippen LogP contribution in [0.3, 0.4) is 0 Å². The zero-order valence-electron chi connectivity index (χ0n) is 29.8. The van der Waals surface area contributed by atoms with Gasteiger partial charge in [-0.2, -0.15) is 0 Å². The molecule has 1 heterocycles. The second kappa shape index (κ2) is 12.2. The van der Waals surface area contributed by atoms with Crippen molar-refractivity contribution in [2.75, 3.05) is 20.3 Å². The molecule has 12 heteroatoms. The van der Waals surface area contributed by atoms with Crippen molar-refractivity contribution in [1.29, 1.82) is 0 Å². The highest BCUT2D eigenvalue weighted by Crippen LogP contribution is 2.76. The van der Waals surface area contributed by atoms with E-state index in [4.69, 9.17) is 14.2 Å². The monoisotopic (exact) mass is 694 g/mol. The van der Waals surface area contributed by atoms with Crippen molar-refractivity contribution in [3.63, 3.8) is 0 Å². The summed E-state index contributed by atoms with van der Waals surface area (Å²) in [4.78, 5) is 26.1. The Kier molecular flexibility index (Phi) is 9.26. The Balaban J connectivity index is 1.35. The molecule has 278 valence electrons. The first kappa shape index (κ1) is 37.1. The molecule has 6 rings (SSSR count). The maximum absolute atomic E-state index is 13.1. The highest BCUT2D eigenvalue weighted by atomic mass is 16.7. The minimum Gasteiger partial charge on any atom is -0.481 e. The van der Waals surface area contributed by atoms with Crippen molar-refractivity contribution in [3.05, 3.63) is 11.6 Å². The molecular weight excluding hydrogens is 636 g/mol. The number of aliphatic hydroxyl groups excluding tert-OH is 6. The van der Waals surface area contributed by atoms with Gasteiger partial charge in [0, 0.05) is 5.41 Å². The van der Waals surface area contributed by atoms with E-state index >= 15 is 0 Å². The van der Waals surface area contributed by atoms with Gasteiger partial charge in [0.25, 0.3) is 0 Å². The average Bonchev–Trinajstić information content (AvgIpc) is 3.06. The molecule has 0 radical (unpaired) electrons. The van der Waals surface area contributed by atoms with Crippen LogP contribution in [0.15, 0.2) is 11.6 Å². The summed E-state index contributed by atoms with van der Waals surface area (Å²) in [5.41, 5.74) is -2.63. The van der Waals surface area contributed by atoms with Crippen molar-refractivity contribution in [2.24, 2.45) is 50.2 Å². The highest BCUT2D eigenvalue weighted by Gasteiger charge is 2.71. The number of allylic oxidation sites excluding steroid dienone is 2. The summed E-state index contributed by atoms with van der Waals surface area (Å²) in [5.74, 6) is -1.43. The summed E-state index contributed by atoms with van der Waals surface area (Å²) in [5, 5.41) is 74.8. The molecule has 1 aliphatic heterocycles. The first-order chi connectivity index (χ1) is 22.8. The van der Waals surface area contributed by atoms with Crippen molar-refractivity contribution >= 4 is 11.9 Å². The molecule has 7 N–H and O–H groups in total. The predicted octanol–water partition coefficient (Wildman–Crippen LogP) is 2.15. The topological polar surface area (TPSA) is 203 Å². The number of esters is 1. The Labute approximate surface area is 288 Å². The van der Waals surface area contributed by atoms with Crippen LogP contribution in [0.4, 0.5) is 0 Å². The number of aliphatic hydroxyl groups is 6. The normalized spacial score (nSPS) is 54.0. The van der Waals surface area contributed by atoms with Gasteiger partial charge in [0.2, 0.25) is 0 Å². The number of rotatable bonds is 6. The summed E-state index contributed by atoms with van der Waals surface area (Å²) in [6.45, 7) is 9.66. The number of ether oxygens (including phenoxy) is 3. The van der Waals surface area contributed by atoms with Crippen LogP contribution in [0.2, 0.25) is 0 Å². The number of carboxylic acid groups (broad SMARTS) is 1. The van der Waals surface area contributed by atoms with E-state index in [9.17, 15) is 45.3 Å². The van der Waals surface area contributed by atoms with Crippen LogP contribution in [0.25, 0.3) is 0 Å². The third-order valence-corrected chi connectivity index (χ3v) is 15.7. The number of carbonyl (C=O) groups excluding carboxylic acids is 1. The van der Waals surface area contributed by atoms with E-state index in [-0.39, 0.29) is 41.2 Å². The highest BCUT2D eigenvalue weighted by molar-refractivity contribution is 5.80. The molecule has 12 nitrogen and oxygen atoms in total. The first-order valence-corrected chi connectivity index (χ1v) is 18.1. The van der Waals surface area contributed by atoms with Crippen LogP contribution >= 0.6 is 0 Å². The van der Waals surface area contributed by atoms with Gasteiger partial charge < -0.3 is 50.0 Å². The van der Waals surface area contributed by atoms with E-state index in [2.05, 4.69) is 26.8 Å². The third-order valence-electron chi connectivity index (χ3n) is 15.7. The number of hydrogen-bond acceptors (Lipinski definition) is 11. The molecule has 11 unspecified atom stereocenters. The summed E-state index contributed by atoms with van der Waals surface area (Å²) < 4.78 is 17.1. The van der Waals surface area contributed by atoms with Crippen molar-refractivity contribution in [2.45, 2.75) is 135 Å². The molecule has 16 atom stereocenters. The number of aliphatic carboxylic acids is 1. The Hall–Kier alpha value is -1.64. The Morgan fingerprint density at radius 3 is 2.18 bits per heavy atom. The fourth-order valence-corrected chi connectivity index (χ4v) is 12.6. The maximum atomic E-state index is 13.1. The van der Waals surface area contributed by atoms with E-state index in [0.717, 1.165) is 12.0 Å². The third kappa shape index (κ3) is 4.98. The predicted molar refractivity (Wildman–Crippen MR) is 174 cm³/mol. The van der Waals surface area contributed by atoms with Crippen molar-refractivity contribution < 1.29 is 59.5 Å². The number of fused-ring (bicyclic) bond motifs is 7. The second-order valence-electron chi connectivity index (χ2n) is 17.8. The lowest BCUT2D eigenvalue weighted by Gasteiger charge is -2.71. The van der Waals surface area contributed by atoms with E-state index in [1.165, 1.54) is 7.11 Å². The van der Waals surface area contributed by atoms with Gasteiger partial charge in [-0.3, -0.25) is 9.59 Å². The van der Waals surface area contributed by atoms with Crippen LogP contribution < -0.4 is 0 Å². The Morgan fingerprint density at radius 1 is 0.898 bits per heavy atom. The van der Waals surface area contributed by atoms with Gasteiger partial charge >= 0.3 is 11.9 Å². The van der Waals surface area contributed by atoms with Crippen LogP contribution in [-0.4, -0.2) is 111 Å². The van der Waals surface area contributed by atoms with E-state index in [0.29, 0.717) is 51.4 Å². The lowest BCUT2D eigenvalue weighted by molar-refractivity contribution is -0.345. The fraction of sp³-hybridized carbons (Fsp3) is 0.892. The quantitative estimate of drug-likeness (QED) is 0.122. The van der Waals surface area contributed by atoms with Gasteiger partial charge in [-0.15, -0.1) is 0 Å². The van der Waals surface area contributed by atoms with Crippen molar-refractivity contribution in [3.8, 4) is 0 Å². The zero-order chi connectivity index (χ0) is 36.1. The summed E-state index contributed by atoms with van der Waals surface area (Å²) >= 11 is 0. The molecule has 0 spiro atoms. The Bertz CT molecular complexity index is 1350. The SMILES string of the molecule is COC(=O)C1(C)CCC2(C(=O)O)CCC3(C)C(=CCC4C5(C)CC(O)C(O[C@@H]6O[C@H](CO)[C@@H](O)[C@H](O)[C@H]6O)C(C)(CO)C5CCC43C)C2C1. The molecule has 0 aromatic carbocycles. The molecule has 5 fully saturated rings. The Morgan fingerprint density at radius 2 is 1.57 bits per heavy atom. The summed E-state index contributed by atoms with van der Waals surface area (Å²) in [6, 6.07) is 0. The molecule has 0 aromatic rings. The minimum absolute atomic E-state index is 0.0779. The standard InChI is InChI=1S/C37H58O12/c1-32(31(46)47-6)11-13-37(30(44)45)14-12-35(4)19(20(37)15-32)7-8-24-33(2)16-21(40)28(34(3,18-39)23(33)9-10-36(24,35)5)49-29-27(43)26(42)25(41)22(17-38)48-29/h7,20-29,38-43H,8-18H2,1-6H3,(H,44,45)/t20?,21?,22-,23?,24?,25-,26+,27-,28?,29+,32?,33?,34?,35?,36?,37?/m1/s1.